The van der Waals surface area contributed by atoms with Crippen LogP contribution < -0.4 is 0 Å². The number of phenols is 1. The minimum Gasteiger partial charge on any atom is -0.508 e. The summed E-state index contributed by atoms with van der Waals surface area (Å²) in [5, 5.41) is 10.1. The van der Waals surface area contributed by atoms with E-state index in [1.165, 1.54) is 89.3 Å². The fourth-order valence-corrected chi connectivity index (χ4v) is 7.03. The summed E-state index contributed by atoms with van der Waals surface area (Å²) in [7, 11) is 0. The van der Waals surface area contributed by atoms with Crippen LogP contribution in [0.5, 0.6) is 5.75 Å². The molecule has 0 radical (unpaired) electrons. The van der Waals surface area contributed by atoms with Crippen molar-refractivity contribution < 1.29 is 5.11 Å². The molecular weight excluding hydrogens is 306 g/mol. The van der Waals surface area contributed by atoms with Gasteiger partial charge in [0.1, 0.15) is 5.75 Å². The molecule has 0 aromatic heterocycles. The predicted molar refractivity (Wildman–Crippen MR) is 102 cm³/mol. The van der Waals surface area contributed by atoms with E-state index in [2.05, 4.69) is 17.0 Å². The smallest absolute Gasteiger partial charge is 0.115 e. The van der Waals surface area contributed by atoms with E-state index in [4.69, 9.17) is 0 Å². The zero-order valence-corrected chi connectivity index (χ0v) is 15.6. The molecule has 1 aromatic rings. The van der Waals surface area contributed by atoms with Crippen molar-refractivity contribution in [1.82, 2.24) is 4.90 Å². The molecule has 2 nitrogen and oxygen atoms in total. The van der Waals surface area contributed by atoms with Crippen molar-refractivity contribution in [3.8, 4) is 5.75 Å². The van der Waals surface area contributed by atoms with Gasteiger partial charge in [-0.2, -0.15) is 0 Å². The second-order valence-electron chi connectivity index (χ2n) is 9.37. The van der Waals surface area contributed by atoms with Gasteiger partial charge in [0.2, 0.25) is 0 Å². The highest BCUT2D eigenvalue weighted by Gasteiger charge is 2.53. The highest BCUT2D eigenvalue weighted by atomic mass is 16.3. The minimum absolute atomic E-state index is 0.424. The molecule has 1 N–H and O–H groups in total. The summed E-state index contributed by atoms with van der Waals surface area (Å²) in [5.41, 5.74) is 3.48. The highest BCUT2D eigenvalue weighted by Crippen LogP contribution is 2.56. The van der Waals surface area contributed by atoms with Crippen LogP contribution >= 0.6 is 0 Å². The van der Waals surface area contributed by atoms with Gasteiger partial charge < -0.3 is 5.11 Å². The van der Waals surface area contributed by atoms with Gasteiger partial charge in [-0.3, -0.25) is 4.90 Å². The summed E-state index contributed by atoms with van der Waals surface area (Å²) in [4.78, 5) is 2.89. The second kappa shape index (κ2) is 6.30. The number of piperidine rings is 1. The van der Waals surface area contributed by atoms with E-state index < -0.39 is 0 Å². The lowest BCUT2D eigenvalue weighted by Gasteiger charge is -2.59. The van der Waals surface area contributed by atoms with Gasteiger partial charge in [0, 0.05) is 18.0 Å². The fraction of sp³-hybridized carbons (Fsp3) is 0.739. The molecule has 3 atom stereocenters. The van der Waals surface area contributed by atoms with Crippen LogP contribution in [-0.2, 0) is 11.8 Å². The van der Waals surface area contributed by atoms with E-state index in [0.29, 0.717) is 11.2 Å². The summed E-state index contributed by atoms with van der Waals surface area (Å²) in [5.74, 6) is 2.26. The third-order valence-corrected chi connectivity index (χ3v) is 8.15. The molecule has 2 heteroatoms. The molecule has 1 saturated heterocycles. The number of phenolic OH excluding ortho intramolecular Hbond substituents is 1. The van der Waals surface area contributed by atoms with E-state index in [9.17, 15) is 5.11 Å². The molecule has 2 saturated carbocycles. The van der Waals surface area contributed by atoms with E-state index in [1.807, 2.05) is 6.07 Å². The lowest BCUT2D eigenvalue weighted by atomic mass is 9.52. The molecule has 5 rings (SSSR count). The van der Waals surface area contributed by atoms with Crippen molar-refractivity contribution in [2.45, 2.75) is 82.1 Å². The van der Waals surface area contributed by atoms with Gasteiger partial charge in [0.25, 0.3) is 0 Å². The monoisotopic (exact) mass is 339 g/mol. The van der Waals surface area contributed by atoms with Crippen LogP contribution in [0.4, 0.5) is 0 Å². The highest BCUT2D eigenvalue weighted by molar-refractivity contribution is 5.44. The maximum Gasteiger partial charge on any atom is 0.115 e. The summed E-state index contributed by atoms with van der Waals surface area (Å²) in [6.07, 6.45) is 15.4. The Morgan fingerprint density at radius 1 is 1.00 bits per heavy atom. The van der Waals surface area contributed by atoms with E-state index in [-0.39, 0.29) is 0 Å². The standard InChI is InChI=1S/C23H33NO/c25-19-9-10-20-18(14-19)15-22-21-8-4-5-11-23(20,21)12-13-24(22)16-17-6-2-1-3-7-17/h9-10,14,17,21-22,25H,1-8,11-13,15-16H2/t21-,22+,23-/m0/s1. The number of aromatic hydroxyl groups is 1. The van der Waals surface area contributed by atoms with Gasteiger partial charge >= 0.3 is 0 Å². The molecule has 0 spiro atoms. The number of likely N-dealkylation sites (tertiary alicyclic amines) is 1. The summed E-state index contributed by atoms with van der Waals surface area (Å²) >= 11 is 0. The molecule has 3 aliphatic carbocycles. The van der Waals surface area contributed by atoms with E-state index in [0.717, 1.165) is 17.9 Å². The SMILES string of the molecule is Oc1ccc2c(c1)C[C@@H]1[C@@H]3CCCC[C@]23CCN1CC1CCCCC1. The average Bonchev–Trinajstić information content (AvgIpc) is 2.64. The predicted octanol–water partition coefficient (Wildman–Crippen LogP) is 5.03. The number of hydrogen-bond donors (Lipinski definition) is 1. The fourth-order valence-electron chi connectivity index (χ4n) is 7.03. The number of hydrogen-bond acceptors (Lipinski definition) is 2. The van der Waals surface area contributed by atoms with Crippen LogP contribution in [0.3, 0.4) is 0 Å². The third kappa shape index (κ3) is 2.63. The quantitative estimate of drug-likeness (QED) is 0.817. The minimum atomic E-state index is 0.424. The molecule has 4 aliphatic rings. The van der Waals surface area contributed by atoms with Crippen molar-refractivity contribution in [3.63, 3.8) is 0 Å². The van der Waals surface area contributed by atoms with Crippen LogP contribution in [0.15, 0.2) is 18.2 Å². The molecule has 2 bridgehead atoms. The van der Waals surface area contributed by atoms with Gasteiger partial charge in [-0.1, -0.05) is 38.2 Å². The van der Waals surface area contributed by atoms with Gasteiger partial charge in [-0.15, -0.1) is 0 Å². The van der Waals surface area contributed by atoms with Gasteiger partial charge in [-0.25, -0.2) is 0 Å². The Labute approximate surface area is 152 Å². The van der Waals surface area contributed by atoms with Crippen LogP contribution in [0.25, 0.3) is 0 Å². The number of fused-ring (bicyclic) bond motifs is 1. The normalized spacial score (nSPS) is 35.8. The maximum absolute atomic E-state index is 10.1. The van der Waals surface area contributed by atoms with Crippen molar-refractivity contribution >= 4 is 0 Å². The molecule has 3 fully saturated rings. The van der Waals surface area contributed by atoms with E-state index in [1.54, 1.807) is 5.56 Å². The first kappa shape index (κ1) is 16.2. The number of benzene rings is 1. The number of rotatable bonds is 2. The Kier molecular flexibility index (Phi) is 4.08. The van der Waals surface area contributed by atoms with Gasteiger partial charge in [0.15, 0.2) is 0 Å². The van der Waals surface area contributed by atoms with Crippen LogP contribution in [-0.4, -0.2) is 29.1 Å². The van der Waals surface area contributed by atoms with Crippen molar-refractivity contribution in [1.29, 1.82) is 0 Å². The topological polar surface area (TPSA) is 23.5 Å². The van der Waals surface area contributed by atoms with Gasteiger partial charge in [0.05, 0.1) is 0 Å². The Bertz CT molecular complexity index is 635. The molecule has 1 heterocycles. The van der Waals surface area contributed by atoms with Crippen molar-refractivity contribution in [3.05, 3.63) is 29.3 Å². The Hall–Kier alpha value is -1.02. The molecule has 1 aromatic carbocycles. The first-order valence-electron chi connectivity index (χ1n) is 10.8. The van der Waals surface area contributed by atoms with Crippen molar-refractivity contribution in [2.24, 2.45) is 11.8 Å². The van der Waals surface area contributed by atoms with E-state index >= 15 is 0 Å². The molecule has 136 valence electrons. The van der Waals surface area contributed by atoms with Crippen LogP contribution in [0.1, 0.15) is 75.3 Å². The Morgan fingerprint density at radius 2 is 1.84 bits per heavy atom. The lowest BCUT2D eigenvalue weighted by Crippen LogP contribution is -2.61. The first-order valence-corrected chi connectivity index (χ1v) is 10.8. The zero-order chi connectivity index (χ0) is 16.9. The molecule has 0 amide bonds. The largest absolute Gasteiger partial charge is 0.508 e. The zero-order valence-electron chi connectivity index (χ0n) is 15.6. The summed E-state index contributed by atoms with van der Waals surface area (Å²) in [6.45, 7) is 2.64. The Morgan fingerprint density at radius 3 is 2.72 bits per heavy atom. The lowest BCUT2D eigenvalue weighted by molar-refractivity contribution is -0.0207. The number of nitrogens with zero attached hydrogens (tertiary/aromatic N) is 1. The maximum atomic E-state index is 10.1. The van der Waals surface area contributed by atoms with Crippen molar-refractivity contribution in [2.75, 3.05) is 13.1 Å². The van der Waals surface area contributed by atoms with Gasteiger partial charge in [-0.05, 0) is 80.2 Å². The average molecular weight is 340 g/mol. The van der Waals surface area contributed by atoms with Crippen LogP contribution in [0, 0.1) is 11.8 Å². The summed E-state index contributed by atoms with van der Waals surface area (Å²) in [6, 6.07) is 7.02. The summed E-state index contributed by atoms with van der Waals surface area (Å²) < 4.78 is 0. The molecular formula is C23H33NO. The second-order valence-corrected chi connectivity index (χ2v) is 9.37. The molecule has 1 aliphatic heterocycles. The van der Waals surface area contributed by atoms with Crippen LogP contribution in [0.2, 0.25) is 0 Å². The molecule has 0 unspecified atom stereocenters. The Balaban J connectivity index is 1.47. The molecule has 25 heavy (non-hydrogen) atoms. The third-order valence-electron chi connectivity index (χ3n) is 8.15. The first-order chi connectivity index (χ1) is 12.3.